The predicted octanol–water partition coefficient (Wildman–Crippen LogP) is -2.42. The minimum Gasteiger partial charge on any atom is -0.477 e. The summed E-state index contributed by atoms with van der Waals surface area (Å²) in [6, 6.07) is 2.63. The molecule has 0 radical (unpaired) electrons. The molecule has 0 aromatic carbocycles. The lowest BCUT2D eigenvalue weighted by Crippen LogP contribution is -2.46. The van der Waals surface area contributed by atoms with E-state index in [1.807, 2.05) is 0 Å². The number of phosphoric ester groups is 2. The van der Waals surface area contributed by atoms with Crippen LogP contribution in [0.5, 0.6) is 0 Å². The van der Waals surface area contributed by atoms with Crippen LogP contribution in [0, 0.1) is 0 Å². The molecule has 2 saturated heterocycles. The number of aliphatic hydroxyl groups is 4. The molecule has 2 aliphatic rings. The molecular weight excluding hydrogens is 638 g/mol. The summed E-state index contributed by atoms with van der Waals surface area (Å²) in [5.74, 6) is -1.22. The van der Waals surface area contributed by atoms with Gasteiger partial charge >= 0.3 is 21.6 Å². The number of pyridine rings is 1. The third-order valence-corrected chi connectivity index (χ3v) is 9.31. The highest BCUT2D eigenvalue weighted by Crippen LogP contribution is 2.60. The molecular formula is C21H27N6O15P2+. The fourth-order valence-corrected chi connectivity index (χ4v) is 6.65. The number of nitrogens with two attached hydrogens (primary N) is 1. The molecule has 0 bridgehead atoms. The molecule has 44 heavy (non-hydrogen) atoms. The Morgan fingerprint density at radius 3 is 2.27 bits per heavy atom. The van der Waals surface area contributed by atoms with Gasteiger partial charge in [0.1, 0.15) is 47.9 Å². The van der Waals surface area contributed by atoms with Gasteiger partial charge in [-0.15, -0.1) is 0 Å². The van der Waals surface area contributed by atoms with Crippen molar-refractivity contribution < 1.29 is 76.6 Å². The summed E-state index contributed by atoms with van der Waals surface area (Å²) in [4.78, 5) is 43.1. The first-order valence-electron chi connectivity index (χ1n) is 12.5. The number of nitrogen functional groups attached to an aromatic ring is 1. The lowest BCUT2D eigenvalue weighted by Gasteiger charge is -2.20. The van der Waals surface area contributed by atoms with Gasteiger partial charge in [0, 0.05) is 6.07 Å². The van der Waals surface area contributed by atoms with Crippen molar-refractivity contribution in [2.45, 2.75) is 49.1 Å². The minimum absolute atomic E-state index is 0.0464. The number of nitrogens with zero attached hydrogens (tertiary/aromatic N) is 5. The first-order chi connectivity index (χ1) is 20.7. The third-order valence-electron chi connectivity index (χ3n) is 6.71. The molecule has 3 aromatic heterocycles. The molecule has 5 rings (SSSR count). The van der Waals surface area contributed by atoms with Crippen LogP contribution in [0.3, 0.4) is 0 Å². The average Bonchev–Trinajstić information content (AvgIpc) is 3.61. The second kappa shape index (κ2) is 12.4. The third kappa shape index (κ3) is 6.65. The number of fused-ring (bicyclic) bond motifs is 1. The Kier molecular flexibility index (Phi) is 9.13. The van der Waals surface area contributed by atoms with E-state index in [2.05, 4.69) is 23.8 Å². The second-order valence-corrected chi connectivity index (χ2v) is 12.7. The van der Waals surface area contributed by atoms with Gasteiger partial charge in [-0.05, 0) is 6.07 Å². The van der Waals surface area contributed by atoms with Crippen LogP contribution in [-0.2, 0) is 32.0 Å². The van der Waals surface area contributed by atoms with Crippen molar-refractivity contribution in [1.82, 2.24) is 19.5 Å². The molecule has 21 nitrogen and oxygen atoms in total. The standard InChI is InChI=1S/C21H26N6O15P2/c22-17-12-18(24-7-23-17)27(8-25-12)20-16(31)14(29)11(41-20)6-39-44(36,37)42-43(34,35)38-5-10-13(28)15(30)19(40-10)26-3-1-2-9(4-26)21(32)33/h1-4,7-8,10-11,13-16,19-20,28-31H,5-6H2,(H4-,22,23,24,32,33,34,35,36,37)/p+1. The number of aromatic nitrogens is 5. The van der Waals surface area contributed by atoms with Crippen molar-refractivity contribution in [2.24, 2.45) is 0 Å². The van der Waals surface area contributed by atoms with Gasteiger partial charge in [-0.25, -0.2) is 28.9 Å². The van der Waals surface area contributed by atoms with Crippen molar-refractivity contribution in [1.29, 1.82) is 0 Å². The Balaban J connectivity index is 1.16. The summed E-state index contributed by atoms with van der Waals surface area (Å²) < 4.78 is 51.8. The van der Waals surface area contributed by atoms with Crippen LogP contribution in [-0.4, -0.2) is 111 Å². The molecule has 2 fully saturated rings. The Morgan fingerprint density at radius 1 is 0.977 bits per heavy atom. The number of aromatic carboxylic acids is 1. The van der Waals surface area contributed by atoms with Crippen LogP contribution >= 0.6 is 15.6 Å². The molecule has 23 heteroatoms. The monoisotopic (exact) mass is 665 g/mol. The molecule has 0 spiro atoms. The topological polar surface area (TPSA) is 312 Å². The molecule has 0 aliphatic carbocycles. The van der Waals surface area contributed by atoms with Crippen molar-refractivity contribution in [2.75, 3.05) is 18.9 Å². The smallest absolute Gasteiger partial charge is 0.477 e. The highest BCUT2D eigenvalue weighted by molar-refractivity contribution is 7.61. The van der Waals surface area contributed by atoms with E-state index < -0.39 is 83.9 Å². The van der Waals surface area contributed by atoms with E-state index in [0.29, 0.717) is 0 Å². The fraction of sp³-hybridized carbons (Fsp3) is 0.476. The van der Waals surface area contributed by atoms with Crippen LogP contribution in [0.25, 0.3) is 11.2 Å². The summed E-state index contributed by atoms with van der Waals surface area (Å²) in [5, 5.41) is 50.7. The zero-order valence-corrected chi connectivity index (χ0v) is 23.9. The molecule has 0 saturated carbocycles. The van der Waals surface area contributed by atoms with Gasteiger partial charge in [0.05, 0.1) is 19.5 Å². The molecule has 3 aromatic rings. The summed E-state index contributed by atoms with van der Waals surface area (Å²) in [6.07, 6.45) is -7.22. The number of phosphoric acid groups is 2. The summed E-state index contributed by atoms with van der Waals surface area (Å²) in [6.45, 7) is -1.83. The number of carboxylic acids is 1. The summed E-state index contributed by atoms with van der Waals surface area (Å²) in [7, 11) is -10.8. The molecule has 240 valence electrons. The molecule has 2 aliphatic heterocycles. The van der Waals surface area contributed by atoms with Crippen LogP contribution in [0.15, 0.2) is 37.2 Å². The van der Waals surface area contributed by atoms with Gasteiger partial charge in [-0.3, -0.25) is 13.6 Å². The van der Waals surface area contributed by atoms with E-state index in [9.17, 15) is 44.1 Å². The quantitative estimate of drug-likeness (QED) is 0.0780. The number of carbonyl (C=O) groups is 1. The van der Waals surface area contributed by atoms with Crippen molar-refractivity contribution in [3.8, 4) is 0 Å². The lowest BCUT2D eigenvalue weighted by atomic mass is 10.1. The van der Waals surface area contributed by atoms with Gasteiger partial charge in [0.15, 0.2) is 36.2 Å². The number of anilines is 1. The number of hydrogen-bond acceptors (Lipinski definition) is 16. The maximum Gasteiger partial charge on any atom is 0.481 e. The predicted molar refractivity (Wildman–Crippen MR) is 138 cm³/mol. The summed E-state index contributed by atoms with van der Waals surface area (Å²) in [5.41, 5.74) is 5.94. The molecule has 10 unspecified atom stereocenters. The maximum atomic E-state index is 12.4. The van der Waals surface area contributed by atoms with E-state index >= 15 is 0 Å². The Hall–Kier alpha value is -3.01. The maximum absolute atomic E-state index is 12.4. The number of ether oxygens (including phenoxy) is 2. The van der Waals surface area contributed by atoms with Gasteiger partial charge < -0.3 is 50.5 Å². The Morgan fingerprint density at radius 2 is 1.61 bits per heavy atom. The van der Waals surface area contributed by atoms with Gasteiger partial charge in [0.25, 0.3) is 6.23 Å². The first-order valence-corrected chi connectivity index (χ1v) is 15.5. The van der Waals surface area contributed by atoms with Gasteiger partial charge in [-0.1, -0.05) is 0 Å². The van der Waals surface area contributed by atoms with E-state index in [-0.39, 0.29) is 22.5 Å². The van der Waals surface area contributed by atoms with E-state index in [1.165, 1.54) is 29.2 Å². The van der Waals surface area contributed by atoms with Crippen LogP contribution in [0.2, 0.25) is 0 Å². The molecule has 9 N–H and O–H groups in total. The number of carboxylic acid groups (broad SMARTS) is 1. The summed E-state index contributed by atoms with van der Waals surface area (Å²) >= 11 is 0. The van der Waals surface area contributed by atoms with E-state index in [0.717, 1.165) is 17.1 Å². The highest BCUT2D eigenvalue weighted by Gasteiger charge is 2.50. The fourth-order valence-electron chi connectivity index (χ4n) is 4.56. The number of hydrogen-bond donors (Lipinski definition) is 8. The zero-order chi connectivity index (χ0) is 32.0. The van der Waals surface area contributed by atoms with Crippen LogP contribution < -0.4 is 10.3 Å². The Labute approximate surface area is 245 Å². The van der Waals surface area contributed by atoms with Crippen molar-refractivity contribution in [3.05, 3.63) is 42.7 Å². The molecule has 5 heterocycles. The van der Waals surface area contributed by atoms with Crippen molar-refractivity contribution in [3.63, 3.8) is 0 Å². The first kappa shape index (κ1) is 32.4. The number of imidazole rings is 1. The molecule has 10 atom stereocenters. The van der Waals surface area contributed by atoms with E-state index in [4.69, 9.17) is 24.8 Å². The van der Waals surface area contributed by atoms with Gasteiger partial charge in [-0.2, -0.15) is 8.88 Å². The van der Waals surface area contributed by atoms with Gasteiger partial charge in [0.2, 0.25) is 0 Å². The van der Waals surface area contributed by atoms with Crippen molar-refractivity contribution >= 4 is 38.6 Å². The number of aliphatic hydroxyl groups excluding tert-OH is 4. The van der Waals surface area contributed by atoms with E-state index in [1.54, 1.807) is 0 Å². The molecule has 0 amide bonds. The SMILES string of the molecule is Nc1ncnc2c1ncn2C1OC(COP(=O)(O)OP(=O)(O)OCC2OC([n+]3cccc(C(=O)O)c3)C(O)C2O)C(O)C1O. The van der Waals surface area contributed by atoms with Crippen LogP contribution in [0.1, 0.15) is 22.8 Å². The largest absolute Gasteiger partial charge is 0.481 e. The zero-order valence-electron chi connectivity index (χ0n) is 22.1. The highest BCUT2D eigenvalue weighted by atomic mass is 31.3. The Bertz CT molecular complexity index is 1630. The average molecular weight is 665 g/mol. The lowest BCUT2D eigenvalue weighted by molar-refractivity contribution is -0.765. The minimum atomic E-state index is -5.38. The normalized spacial score (nSPS) is 31.6. The second-order valence-electron chi connectivity index (χ2n) is 9.63. The number of rotatable bonds is 11. The van der Waals surface area contributed by atoms with Crippen LogP contribution in [0.4, 0.5) is 5.82 Å².